The highest BCUT2D eigenvalue weighted by Crippen LogP contribution is 2.45. The standard InChI is InChI=1S/C23H27NO/c25-22(23(14-7-15-23)21-10-5-2-6-11-21)24-16-12-20(13-17-24)18-19-8-3-1-4-9-19/h1-6,8-11,20H,7,12-18H2. The SMILES string of the molecule is O=C(N1CCC(Cc2ccccc2)CC1)C1(c2ccccc2)CCC1. The van der Waals surface area contributed by atoms with Crippen molar-refractivity contribution in [3.05, 3.63) is 71.8 Å². The predicted octanol–water partition coefficient (Wildman–Crippen LogP) is 4.59. The summed E-state index contributed by atoms with van der Waals surface area (Å²) in [5, 5.41) is 0. The van der Waals surface area contributed by atoms with E-state index in [0.717, 1.165) is 45.2 Å². The molecule has 0 unspecified atom stereocenters. The molecule has 1 aliphatic heterocycles. The molecular formula is C23H27NO. The number of hydrogen-bond donors (Lipinski definition) is 0. The summed E-state index contributed by atoms with van der Waals surface area (Å²) in [4.78, 5) is 15.4. The van der Waals surface area contributed by atoms with Crippen molar-refractivity contribution >= 4 is 5.91 Å². The van der Waals surface area contributed by atoms with E-state index in [0.29, 0.717) is 11.8 Å². The van der Waals surface area contributed by atoms with Crippen molar-refractivity contribution in [2.24, 2.45) is 5.92 Å². The lowest BCUT2D eigenvalue weighted by Crippen LogP contribution is -2.53. The zero-order chi connectivity index (χ0) is 17.1. The summed E-state index contributed by atoms with van der Waals surface area (Å²) in [5.74, 6) is 1.09. The highest BCUT2D eigenvalue weighted by molar-refractivity contribution is 5.89. The maximum absolute atomic E-state index is 13.3. The minimum absolute atomic E-state index is 0.229. The lowest BCUT2D eigenvalue weighted by atomic mass is 9.63. The first-order valence-corrected chi connectivity index (χ1v) is 9.67. The van der Waals surface area contributed by atoms with E-state index in [-0.39, 0.29) is 5.41 Å². The zero-order valence-electron chi connectivity index (χ0n) is 14.9. The molecule has 2 nitrogen and oxygen atoms in total. The van der Waals surface area contributed by atoms with E-state index in [4.69, 9.17) is 0 Å². The van der Waals surface area contributed by atoms with Crippen molar-refractivity contribution in [1.82, 2.24) is 4.90 Å². The molecule has 0 bridgehead atoms. The van der Waals surface area contributed by atoms with Gasteiger partial charge in [-0.3, -0.25) is 4.79 Å². The van der Waals surface area contributed by atoms with Gasteiger partial charge < -0.3 is 4.90 Å². The third kappa shape index (κ3) is 3.22. The van der Waals surface area contributed by atoms with E-state index in [9.17, 15) is 4.79 Å². The molecule has 2 heteroatoms. The summed E-state index contributed by atoms with van der Waals surface area (Å²) >= 11 is 0. The first-order chi connectivity index (χ1) is 12.3. The van der Waals surface area contributed by atoms with Crippen molar-refractivity contribution in [1.29, 1.82) is 0 Å². The number of hydrogen-bond acceptors (Lipinski definition) is 1. The lowest BCUT2D eigenvalue weighted by molar-refractivity contribution is -0.142. The van der Waals surface area contributed by atoms with Crippen molar-refractivity contribution in [3.63, 3.8) is 0 Å². The summed E-state index contributed by atoms with van der Waals surface area (Å²) < 4.78 is 0. The Kier molecular flexibility index (Phi) is 4.61. The van der Waals surface area contributed by atoms with Gasteiger partial charge in [-0.2, -0.15) is 0 Å². The zero-order valence-corrected chi connectivity index (χ0v) is 14.9. The summed E-state index contributed by atoms with van der Waals surface area (Å²) in [7, 11) is 0. The molecule has 0 radical (unpaired) electrons. The maximum Gasteiger partial charge on any atom is 0.233 e. The second-order valence-corrected chi connectivity index (χ2v) is 7.73. The number of carbonyl (C=O) groups excluding carboxylic acids is 1. The van der Waals surface area contributed by atoms with Crippen LogP contribution in [0.25, 0.3) is 0 Å². The molecule has 1 heterocycles. The molecule has 25 heavy (non-hydrogen) atoms. The van der Waals surface area contributed by atoms with Gasteiger partial charge in [-0.1, -0.05) is 67.1 Å². The molecule has 0 N–H and O–H groups in total. The molecule has 0 aromatic heterocycles. The van der Waals surface area contributed by atoms with Crippen LogP contribution in [0.1, 0.15) is 43.2 Å². The molecule has 2 aromatic carbocycles. The molecule has 130 valence electrons. The van der Waals surface area contributed by atoms with Crippen LogP contribution in [-0.2, 0) is 16.6 Å². The first kappa shape index (κ1) is 16.4. The van der Waals surface area contributed by atoms with Crippen molar-refractivity contribution < 1.29 is 4.79 Å². The number of amides is 1. The van der Waals surface area contributed by atoms with E-state index in [2.05, 4.69) is 59.5 Å². The molecule has 2 aromatic rings. The quantitative estimate of drug-likeness (QED) is 0.801. The molecule has 0 spiro atoms. The molecule has 1 amide bonds. The summed E-state index contributed by atoms with van der Waals surface area (Å²) in [6, 6.07) is 21.2. The van der Waals surface area contributed by atoms with Crippen LogP contribution in [-0.4, -0.2) is 23.9 Å². The van der Waals surface area contributed by atoms with Crippen LogP contribution in [0.15, 0.2) is 60.7 Å². The lowest BCUT2D eigenvalue weighted by Gasteiger charge is -2.45. The van der Waals surface area contributed by atoms with Gasteiger partial charge in [0.25, 0.3) is 0 Å². The van der Waals surface area contributed by atoms with Crippen molar-refractivity contribution in [2.75, 3.05) is 13.1 Å². The fourth-order valence-corrected chi connectivity index (χ4v) is 4.50. The number of benzene rings is 2. The van der Waals surface area contributed by atoms with Gasteiger partial charge in [-0.25, -0.2) is 0 Å². The Labute approximate surface area is 150 Å². The van der Waals surface area contributed by atoms with Gasteiger partial charge in [-0.15, -0.1) is 0 Å². The van der Waals surface area contributed by atoms with Crippen LogP contribution in [0.5, 0.6) is 0 Å². The van der Waals surface area contributed by atoms with Gasteiger partial charge in [0.05, 0.1) is 5.41 Å². The average Bonchev–Trinajstić information content (AvgIpc) is 2.63. The van der Waals surface area contributed by atoms with E-state index >= 15 is 0 Å². The number of carbonyl (C=O) groups is 1. The van der Waals surface area contributed by atoms with Crippen molar-refractivity contribution in [2.45, 2.75) is 43.9 Å². The summed E-state index contributed by atoms with van der Waals surface area (Å²) in [6.07, 6.45) is 6.61. The minimum atomic E-state index is -0.229. The van der Waals surface area contributed by atoms with Gasteiger partial charge in [0, 0.05) is 13.1 Å². The van der Waals surface area contributed by atoms with Crippen LogP contribution in [0, 0.1) is 5.92 Å². The Bertz CT molecular complexity index is 697. The van der Waals surface area contributed by atoms with Gasteiger partial charge in [-0.05, 0) is 49.1 Å². The Morgan fingerprint density at radius 1 is 0.920 bits per heavy atom. The van der Waals surface area contributed by atoms with Gasteiger partial charge >= 0.3 is 0 Å². The Morgan fingerprint density at radius 3 is 2.08 bits per heavy atom. The Balaban J connectivity index is 1.39. The van der Waals surface area contributed by atoms with Gasteiger partial charge in [0.15, 0.2) is 0 Å². The largest absolute Gasteiger partial charge is 0.342 e. The topological polar surface area (TPSA) is 20.3 Å². The number of piperidine rings is 1. The predicted molar refractivity (Wildman–Crippen MR) is 101 cm³/mol. The normalized spacial score (nSPS) is 20.1. The van der Waals surface area contributed by atoms with E-state index in [1.165, 1.54) is 17.5 Å². The molecule has 2 fully saturated rings. The molecule has 1 saturated heterocycles. The molecule has 2 aliphatic rings. The van der Waals surface area contributed by atoms with E-state index in [1.807, 2.05) is 6.07 Å². The summed E-state index contributed by atoms with van der Waals surface area (Å²) in [6.45, 7) is 1.84. The molecule has 4 rings (SSSR count). The number of rotatable bonds is 4. The molecule has 1 saturated carbocycles. The Hall–Kier alpha value is -2.09. The van der Waals surface area contributed by atoms with Gasteiger partial charge in [0.1, 0.15) is 0 Å². The van der Waals surface area contributed by atoms with Crippen LogP contribution in [0.3, 0.4) is 0 Å². The third-order valence-electron chi connectivity index (χ3n) is 6.21. The van der Waals surface area contributed by atoms with Crippen LogP contribution < -0.4 is 0 Å². The molecule has 1 aliphatic carbocycles. The highest BCUT2D eigenvalue weighted by Gasteiger charge is 2.47. The van der Waals surface area contributed by atoms with Crippen molar-refractivity contribution in [3.8, 4) is 0 Å². The monoisotopic (exact) mass is 333 g/mol. The number of likely N-dealkylation sites (tertiary alicyclic amines) is 1. The molecular weight excluding hydrogens is 306 g/mol. The molecule has 0 atom stereocenters. The highest BCUT2D eigenvalue weighted by atomic mass is 16.2. The van der Waals surface area contributed by atoms with E-state index in [1.54, 1.807) is 0 Å². The van der Waals surface area contributed by atoms with E-state index < -0.39 is 0 Å². The minimum Gasteiger partial charge on any atom is -0.342 e. The van der Waals surface area contributed by atoms with Crippen LogP contribution in [0.2, 0.25) is 0 Å². The summed E-state index contributed by atoms with van der Waals surface area (Å²) in [5.41, 5.74) is 2.41. The fourth-order valence-electron chi connectivity index (χ4n) is 4.50. The third-order valence-corrected chi connectivity index (χ3v) is 6.21. The average molecular weight is 333 g/mol. The second-order valence-electron chi connectivity index (χ2n) is 7.73. The fraction of sp³-hybridized carbons (Fsp3) is 0.435. The van der Waals surface area contributed by atoms with Crippen LogP contribution in [0.4, 0.5) is 0 Å². The smallest absolute Gasteiger partial charge is 0.233 e. The van der Waals surface area contributed by atoms with Crippen LogP contribution >= 0.6 is 0 Å². The number of nitrogens with zero attached hydrogens (tertiary/aromatic N) is 1. The second kappa shape index (κ2) is 7.03. The maximum atomic E-state index is 13.3. The first-order valence-electron chi connectivity index (χ1n) is 9.67. The van der Waals surface area contributed by atoms with Gasteiger partial charge in [0.2, 0.25) is 5.91 Å². The Morgan fingerprint density at radius 2 is 1.52 bits per heavy atom.